The Balaban J connectivity index is 0. The first kappa shape index (κ1) is 15.4. The van der Waals surface area contributed by atoms with Crippen molar-refractivity contribution in [2.24, 2.45) is 0 Å². The third-order valence-corrected chi connectivity index (χ3v) is 7.30. The minimum Gasteiger partial charge on any atom is -1.00 e. The van der Waals surface area contributed by atoms with Gasteiger partial charge in [-0.1, -0.05) is 0 Å². The van der Waals surface area contributed by atoms with Crippen molar-refractivity contribution in [3.8, 4) is 0 Å². The smallest absolute Gasteiger partial charge is 0.330 e. The van der Waals surface area contributed by atoms with Crippen LogP contribution in [0.4, 0.5) is 0 Å². The van der Waals surface area contributed by atoms with Crippen LogP contribution in [0.3, 0.4) is 0 Å². The van der Waals surface area contributed by atoms with E-state index in [1.807, 2.05) is 42.3 Å². The molecule has 0 N–H and O–H groups in total. The third-order valence-electron chi connectivity index (χ3n) is 1.53. The van der Waals surface area contributed by atoms with Crippen molar-refractivity contribution in [1.82, 2.24) is 14.0 Å². The molecule has 3 nitrogen and oxygen atoms in total. The lowest BCUT2D eigenvalue weighted by Gasteiger charge is -2.32. The minimum atomic E-state index is -1.71. The van der Waals surface area contributed by atoms with Crippen LogP contribution >= 0.6 is 18.3 Å². The molecule has 0 aromatic carbocycles. The zero-order chi connectivity index (χ0) is 9.23. The highest BCUT2D eigenvalue weighted by molar-refractivity contribution is 7.93. The van der Waals surface area contributed by atoms with Crippen LogP contribution < -0.4 is 12.4 Å². The highest BCUT2D eigenvalue weighted by atomic mass is 35.7. The first-order valence-corrected chi connectivity index (χ1v) is 6.00. The SMILES string of the molecule is CN(C)[P+](Cl)(N(C)C)N(C)C.[Cl-]. The second-order valence-electron chi connectivity index (χ2n) is 3.04. The van der Waals surface area contributed by atoms with Gasteiger partial charge in [-0.05, 0) is 0 Å². The molecule has 6 heteroatoms. The van der Waals surface area contributed by atoms with Crippen LogP contribution in [0.15, 0.2) is 0 Å². The van der Waals surface area contributed by atoms with Gasteiger partial charge in [-0.3, -0.25) is 0 Å². The molecule has 0 fully saturated rings. The maximum absolute atomic E-state index is 6.43. The monoisotopic (exact) mass is 233 g/mol. The minimum absolute atomic E-state index is 0. The van der Waals surface area contributed by atoms with E-state index in [0.717, 1.165) is 0 Å². The van der Waals surface area contributed by atoms with Crippen LogP contribution in [0, 0.1) is 0 Å². The van der Waals surface area contributed by atoms with Gasteiger partial charge in [0.1, 0.15) is 0 Å². The van der Waals surface area contributed by atoms with Crippen molar-refractivity contribution in [3.63, 3.8) is 0 Å². The summed E-state index contributed by atoms with van der Waals surface area (Å²) < 4.78 is 6.19. The standard InChI is InChI=1S/C6H18ClN3P.ClH/c1-8(2)11(7,9(3)4)10(5)6;/h1-6H3;1H/q+1;/p-1. The molecule has 0 radical (unpaired) electrons. The third kappa shape index (κ3) is 2.99. The van der Waals surface area contributed by atoms with Crippen LogP contribution in [0.25, 0.3) is 0 Å². The molecule has 0 amide bonds. The molecule has 0 aromatic rings. The zero-order valence-electron chi connectivity index (χ0n) is 8.54. The average Bonchev–Trinajstić information content (AvgIpc) is 1.84. The Morgan fingerprint density at radius 2 is 0.917 bits per heavy atom. The molecule has 0 bridgehead atoms. The molecule has 0 atom stereocenters. The van der Waals surface area contributed by atoms with E-state index >= 15 is 0 Å². The topological polar surface area (TPSA) is 9.72 Å². The summed E-state index contributed by atoms with van der Waals surface area (Å²) in [7, 11) is 10.3. The molecule has 0 saturated carbocycles. The highest BCUT2D eigenvalue weighted by Gasteiger charge is 2.46. The van der Waals surface area contributed by atoms with Crippen LogP contribution in [0.2, 0.25) is 0 Å². The lowest BCUT2D eigenvalue weighted by atomic mass is 11.2. The van der Waals surface area contributed by atoms with Crippen molar-refractivity contribution in [1.29, 1.82) is 0 Å². The maximum Gasteiger partial charge on any atom is 0.330 e. The van der Waals surface area contributed by atoms with Gasteiger partial charge in [-0.25, -0.2) is 0 Å². The van der Waals surface area contributed by atoms with E-state index < -0.39 is 7.07 Å². The fraction of sp³-hybridized carbons (Fsp3) is 1.00. The summed E-state index contributed by atoms with van der Waals surface area (Å²) >= 11 is 6.43. The fourth-order valence-electron chi connectivity index (χ4n) is 1.07. The Morgan fingerprint density at radius 3 is 0.917 bits per heavy atom. The molecule has 76 valence electrons. The molecular formula is C6H18Cl2N3P. The first-order valence-electron chi connectivity index (χ1n) is 3.45. The van der Waals surface area contributed by atoms with Crippen molar-refractivity contribution in [2.45, 2.75) is 0 Å². The number of hydrogen-bond acceptors (Lipinski definition) is 3. The van der Waals surface area contributed by atoms with Crippen molar-refractivity contribution in [3.05, 3.63) is 0 Å². The summed E-state index contributed by atoms with van der Waals surface area (Å²) in [4.78, 5) is 0. The van der Waals surface area contributed by atoms with Crippen LogP contribution in [0.1, 0.15) is 0 Å². The molecule has 0 spiro atoms. The number of rotatable bonds is 3. The second-order valence-corrected chi connectivity index (χ2v) is 7.79. The Labute approximate surface area is 87.3 Å². The molecule has 0 rings (SSSR count). The first-order chi connectivity index (χ1) is 4.83. The predicted octanol–water partition coefficient (Wildman–Crippen LogP) is -1.41. The Morgan fingerprint density at radius 1 is 0.750 bits per heavy atom. The summed E-state index contributed by atoms with van der Waals surface area (Å²) in [6, 6.07) is 0. The van der Waals surface area contributed by atoms with Gasteiger partial charge >= 0.3 is 7.07 Å². The van der Waals surface area contributed by atoms with Gasteiger partial charge in [-0.2, -0.15) is 0 Å². The van der Waals surface area contributed by atoms with Crippen molar-refractivity contribution in [2.75, 3.05) is 42.3 Å². The summed E-state index contributed by atoms with van der Waals surface area (Å²) in [5, 5.41) is 0. The van der Waals surface area contributed by atoms with E-state index in [2.05, 4.69) is 14.0 Å². The highest BCUT2D eigenvalue weighted by Crippen LogP contribution is 2.68. The van der Waals surface area contributed by atoms with E-state index in [4.69, 9.17) is 11.2 Å². The van der Waals surface area contributed by atoms with Crippen LogP contribution in [-0.2, 0) is 0 Å². The summed E-state index contributed by atoms with van der Waals surface area (Å²) in [5.41, 5.74) is 0. The largest absolute Gasteiger partial charge is 1.00 e. The number of nitrogens with zero attached hydrogens (tertiary/aromatic N) is 3. The summed E-state index contributed by atoms with van der Waals surface area (Å²) in [6.07, 6.45) is 0. The molecule has 12 heavy (non-hydrogen) atoms. The van der Waals surface area contributed by atoms with Gasteiger partial charge in [0.15, 0.2) is 11.2 Å². The van der Waals surface area contributed by atoms with Gasteiger partial charge in [0, 0.05) is 42.3 Å². The maximum atomic E-state index is 6.43. The van der Waals surface area contributed by atoms with Gasteiger partial charge in [0.25, 0.3) is 0 Å². The van der Waals surface area contributed by atoms with Crippen LogP contribution in [0.5, 0.6) is 0 Å². The summed E-state index contributed by atoms with van der Waals surface area (Å²) in [6.45, 7) is 0. The van der Waals surface area contributed by atoms with Crippen molar-refractivity contribution >= 4 is 18.3 Å². The normalized spacial score (nSPS) is 12.5. The fourth-order valence-corrected chi connectivity index (χ4v) is 3.22. The molecule has 0 aromatic heterocycles. The number of halogens is 2. The Kier molecular flexibility index (Phi) is 7.15. The molecule has 0 aliphatic heterocycles. The van der Waals surface area contributed by atoms with Gasteiger partial charge < -0.3 is 12.4 Å². The zero-order valence-corrected chi connectivity index (χ0v) is 11.0. The molecule has 0 unspecified atom stereocenters. The predicted molar refractivity (Wildman–Crippen MR) is 53.8 cm³/mol. The lowest BCUT2D eigenvalue weighted by Crippen LogP contribution is -3.00. The van der Waals surface area contributed by atoms with Crippen molar-refractivity contribution < 1.29 is 12.4 Å². The molecular weight excluding hydrogens is 216 g/mol. The summed E-state index contributed by atoms with van der Waals surface area (Å²) in [5.74, 6) is 0. The van der Waals surface area contributed by atoms with E-state index in [9.17, 15) is 0 Å². The molecule has 0 aliphatic rings. The Bertz CT molecular complexity index is 108. The van der Waals surface area contributed by atoms with E-state index in [1.54, 1.807) is 0 Å². The van der Waals surface area contributed by atoms with Gasteiger partial charge in [-0.15, -0.1) is 14.0 Å². The van der Waals surface area contributed by atoms with Gasteiger partial charge in [0.05, 0.1) is 0 Å². The second kappa shape index (κ2) is 5.58. The van der Waals surface area contributed by atoms with E-state index in [1.165, 1.54) is 0 Å². The van der Waals surface area contributed by atoms with Crippen LogP contribution in [-0.4, -0.2) is 56.3 Å². The molecule has 0 heterocycles. The van der Waals surface area contributed by atoms with Gasteiger partial charge in [0.2, 0.25) is 0 Å². The lowest BCUT2D eigenvalue weighted by molar-refractivity contribution is -0.00000255. The molecule has 0 saturated heterocycles. The number of hydrogen-bond donors (Lipinski definition) is 0. The molecule has 0 aliphatic carbocycles. The average molecular weight is 234 g/mol. The quantitative estimate of drug-likeness (QED) is 0.556. The van der Waals surface area contributed by atoms with E-state index in [0.29, 0.717) is 0 Å². The Hall–Kier alpha value is 0.890. The van der Waals surface area contributed by atoms with E-state index in [-0.39, 0.29) is 12.4 Å².